The highest BCUT2D eigenvalue weighted by Gasteiger charge is 2.21. The third-order valence-electron chi connectivity index (χ3n) is 5.41. The second-order valence-corrected chi connectivity index (χ2v) is 8.33. The van der Waals surface area contributed by atoms with Crippen LogP contribution in [0.15, 0.2) is 66.3 Å². The van der Waals surface area contributed by atoms with E-state index in [9.17, 15) is 4.79 Å². The Morgan fingerprint density at radius 2 is 1.97 bits per heavy atom. The van der Waals surface area contributed by atoms with Crippen LogP contribution in [0.3, 0.4) is 0 Å². The number of aromatic nitrogens is 2. The van der Waals surface area contributed by atoms with Crippen molar-refractivity contribution in [1.82, 2.24) is 19.8 Å². The minimum Gasteiger partial charge on any atom is -0.467 e. The Bertz CT molecular complexity index is 1130. The van der Waals surface area contributed by atoms with E-state index in [4.69, 9.17) is 4.74 Å². The molecule has 8 heteroatoms. The van der Waals surface area contributed by atoms with E-state index in [2.05, 4.69) is 38.4 Å². The molecule has 1 aliphatic heterocycles. The largest absolute Gasteiger partial charge is 0.467 e. The van der Waals surface area contributed by atoms with Gasteiger partial charge in [0.25, 0.3) is 0 Å². The first-order chi connectivity index (χ1) is 15.2. The first kappa shape index (κ1) is 19.6. The number of rotatable bonds is 5. The summed E-state index contributed by atoms with van der Waals surface area (Å²) in [6, 6.07) is 18.2. The fourth-order valence-corrected chi connectivity index (χ4v) is 4.17. The fraction of sp³-hybridized carbons (Fsp3) is 0.217. The molecule has 0 saturated carbocycles. The quantitative estimate of drug-likeness (QED) is 0.487. The SMILES string of the molecule is O=C(Nc1cccc(-c2cc3ccccc3[nH]2)c1)N1CCN(COc2cncs2)CC1. The lowest BCUT2D eigenvalue weighted by molar-refractivity contribution is 0.0814. The summed E-state index contributed by atoms with van der Waals surface area (Å²) < 4.78 is 5.71. The lowest BCUT2D eigenvalue weighted by Crippen LogP contribution is -2.50. The number of urea groups is 1. The van der Waals surface area contributed by atoms with E-state index in [1.165, 1.54) is 16.7 Å². The van der Waals surface area contributed by atoms with Crippen LogP contribution >= 0.6 is 11.3 Å². The number of amides is 2. The summed E-state index contributed by atoms with van der Waals surface area (Å²) in [5, 5.41) is 5.03. The molecule has 2 N–H and O–H groups in total. The average Bonchev–Trinajstić information content (AvgIpc) is 3.48. The molecule has 158 valence electrons. The Kier molecular flexibility index (Phi) is 5.56. The molecule has 0 spiro atoms. The Hall–Kier alpha value is -3.36. The van der Waals surface area contributed by atoms with Gasteiger partial charge in [-0.3, -0.25) is 4.90 Å². The van der Waals surface area contributed by atoms with Crippen LogP contribution in [0.2, 0.25) is 0 Å². The monoisotopic (exact) mass is 433 g/mol. The maximum absolute atomic E-state index is 12.8. The van der Waals surface area contributed by atoms with Gasteiger partial charge in [0.15, 0.2) is 5.06 Å². The topological polar surface area (TPSA) is 73.5 Å². The van der Waals surface area contributed by atoms with E-state index in [-0.39, 0.29) is 6.03 Å². The molecule has 2 aromatic heterocycles. The zero-order valence-electron chi connectivity index (χ0n) is 17.0. The van der Waals surface area contributed by atoms with Crippen LogP contribution in [0.5, 0.6) is 5.06 Å². The van der Waals surface area contributed by atoms with Crippen molar-refractivity contribution >= 4 is 34.0 Å². The molecule has 2 amide bonds. The van der Waals surface area contributed by atoms with Crippen molar-refractivity contribution in [3.05, 3.63) is 66.3 Å². The van der Waals surface area contributed by atoms with Crippen LogP contribution in [0.1, 0.15) is 0 Å². The standard InChI is InChI=1S/C23H23N5O2S/c29-23(28-10-8-27(9-11-28)16-30-22-14-24-15-31-22)25-19-6-3-5-17(12-19)21-13-18-4-1-2-7-20(18)26-21/h1-7,12-15,26H,8-11,16H2,(H,25,29). The number of fused-ring (bicyclic) bond motifs is 1. The summed E-state index contributed by atoms with van der Waals surface area (Å²) in [5.41, 5.74) is 5.72. The van der Waals surface area contributed by atoms with E-state index in [0.29, 0.717) is 19.8 Å². The van der Waals surface area contributed by atoms with E-state index >= 15 is 0 Å². The molecule has 5 rings (SSSR count). The number of hydrogen-bond acceptors (Lipinski definition) is 5. The number of piperazine rings is 1. The van der Waals surface area contributed by atoms with Gasteiger partial charge in [0.2, 0.25) is 0 Å². The lowest BCUT2D eigenvalue weighted by Gasteiger charge is -2.34. The first-order valence-electron chi connectivity index (χ1n) is 10.2. The lowest BCUT2D eigenvalue weighted by atomic mass is 10.1. The Labute approximate surface area is 184 Å². The van der Waals surface area contributed by atoms with E-state index < -0.39 is 0 Å². The minimum absolute atomic E-state index is 0.0724. The van der Waals surface area contributed by atoms with Gasteiger partial charge in [-0.2, -0.15) is 0 Å². The van der Waals surface area contributed by atoms with Crippen molar-refractivity contribution < 1.29 is 9.53 Å². The molecular formula is C23H23N5O2S. The summed E-state index contributed by atoms with van der Waals surface area (Å²) in [6.45, 7) is 3.41. The van der Waals surface area contributed by atoms with Crippen LogP contribution in [0, 0.1) is 0 Å². The van der Waals surface area contributed by atoms with Crippen LogP contribution in [-0.2, 0) is 0 Å². The highest BCUT2D eigenvalue weighted by Crippen LogP contribution is 2.26. The van der Waals surface area contributed by atoms with Gasteiger partial charge in [-0.05, 0) is 24.3 Å². The van der Waals surface area contributed by atoms with Crippen LogP contribution < -0.4 is 10.1 Å². The number of hydrogen-bond donors (Lipinski definition) is 2. The van der Waals surface area contributed by atoms with E-state index in [0.717, 1.165) is 40.6 Å². The number of benzene rings is 2. The molecule has 4 aromatic rings. The molecule has 0 atom stereocenters. The molecule has 1 saturated heterocycles. The summed E-state index contributed by atoms with van der Waals surface area (Å²) in [6.07, 6.45) is 1.72. The predicted octanol–water partition coefficient (Wildman–Crippen LogP) is 4.48. The molecule has 0 aliphatic carbocycles. The Morgan fingerprint density at radius 3 is 2.77 bits per heavy atom. The van der Waals surface area contributed by atoms with E-state index in [1.54, 1.807) is 11.7 Å². The number of thiazole rings is 1. The highest BCUT2D eigenvalue weighted by molar-refractivity contribution is 7.11. The summed E-state index contributed by atoms with van der Waals surface area (Å²) >= 11 is 1.48. The zero-order chi connectivity index (χ0) is 21.0. The van der Waals surface area contributed by atoms with Crippen molar-refractivity contribution in [3.8, 4) is 16.3 Å². The second kappa shape index (κ2) is 8.79. The molecule has 3 heterocycles. The van der Waals surface area contributed by atoms with Crippen molar-refractivity contribution in [2.75, 3.05) is 38.2 Å². The highest BCUT2D eigenvalue weighted by atomic mass is 32.1. The molecule has 2 aromatic carbocycles. The number of ether oxygens (including phenoxy) is 1. The van der Waals surface area contributed by atoms with Gasteiger partial charge < -0.3 is 19.9 Å². The zero-order valence-corrected chi connectivity index (χ0v) is 17.8. The average molecular weight is 434 g/mol. The molecular weight excluding hydrogens is 410 g/mol. The Balaban J connectivity index is 1.18. The molecule has 0 radical (unpaired) electrons. The molecule has 1 aliphatic rings. The maximum Gasteiger partial charge on any atom is 0.321 e. The number of aromatic amines is 1. The van der Waals surface area contributed by atoms with E-state index in [1.807, 2.05) is 41.3 Å². The van der Waals surface area contributed by atoms with Gasteiger partial charge in [-0.15, -0.1) is 0 Å². The number of anilines is 1. The van der Waals surface area contributed by atoms with Gasteiger partial charge in [-0.1, -0.05) is 41.7 Å². The molecule has 1 fully saturated rings. The number of nitrogens with one attached hydrogen (secondary N) is 2. The summed E-state index contributed by atoms with van der Waals surface area (Å²) in [7, 11) is 0. The first-order valence-corrected chi connectivity index (χ1v) is 11.1. The molecule has 7 nitrogen and oxygen atoms in total. The fourth-order valence-electron chi connectivity index (χ4n) is 3.71. The third kappa shape index (κ3) is 4.55. The van der Waals surface area contributed by atoms with Crippen molar-refractivity contribution in [1.29, 1.82) is 0 Å². The number of H-pyrrole nitrogens is 1. The van der Waals surface area contributed by atoms with Crippen LogP contribution in [0.25, 0.3) is 22.2 Å². The van der Waals surface area contributed by atoms with Gasteiger partial charge >= 0.3 is 6.03 Å². The predicted molar refractivity (Wildman–Crippen MR) is 124 cm³/mol. The summed E-state index contributed by atoms with van der Waals surface area (Å²) in [5.74, 6) is 0. The molecule has 0 unspecified atom stereocenters. The van der Waals surface area contributed by atoms with Gasteiger partial charge in [-0.25, -0.2) is 9.78 Å². The second-order valence-electron chi connectivity index (χ2n) is 7.48. The third-order valence-corrected chi connectivity index (χ3v) is 6.10. The smallest absolute Gasteiger partial charge is 0.321 e. The summed E-state index contributed by atoms with van der Waals surface area (Å²) in [4.78, 5) is 24.2. The van der Waals surface area contributed by atoms with Crippen molar-refractivity contribution in [2.24, 2.45) is 0 Å². The maximum atomic E-state index is 12.8. The molecule has 0 bridgehead atoms. The van der Waals surface area contributed by atoms with Gasteiger partial charge in [0.1, 0.15) is 6.73 Å². The van der Waals surface area contributed by atoms with Crippen molar-refractivity contribution in [3.63, 3.8) is 0 Å². The van der Waals surface area contributed by atoms with Crippen LogP contribution in [0.4, 0.5) is 10.5 Å². The molecule has 31 heavy (non-hydrogen) atoms. The van der Waals surface area contributed by atoms with Crippen LogP contribution in [-0.4, -0.2) is 58.7 Å². The van der Waals surface area contributed by atoms with Crippen molar-refractivity contribution in [2.45, 2.75) is 0 Å². The number of carbonyl (C=O) groups is 1. The Morgan fingerprint density at radius 1 is 1.10 bits per heavy atom. The normalized spacial score (nSPS) is 14.6. The minimum atomic E-state index is -0.0724. The van der Waals surface area contributed by atoms with Gasteiger partial charge in [0.05, 0.1) is 11.7 Å². The number of carbonyl (C=O) groups excluding carboxylic acids is 1. The van der Waals surface area contributed by atoms with Gasteiger partial charge in [0, 0.05) is 54.0 Å². The number of para-hydroxylation sites is 1. The number of nitrogens with zero attached hydrogens (tertiary/aromatic N) is 3.